The topological polar surface area (TPSA) is 28.7 Å². The molecule has 0 spiro atoms. The maximum Gasteiger partial charge on any atom is 0.0991 e. The molecule has 2 nitrogen and oxygen atoms in total. The van der Waals surface area contributed by atoms with E-state index in [2.05, 4.69) is 150 Å². The molecule has 0 saturated carbocycles. The zero-order chi connectivity index (χ0) is 29.9. The number of aromatic nitrogens is 1. The van der Waals surface area contributed by atoms with E-state index >= 15 is 0 Å². The zero-order valence-electron chi connectivity index (χ0n) is 24.4. The molecule has 0 bridgehead atoms. The number of nitrogens with zero attached hydrogens (tertiary/aromatic N) is 2. The summed E-state index contributed by atoms with van der Waals surface area (Å²) >= 11 is 0. The van der Waals surface area contributed by atoms with Crippen molar-refractivity contribution in [1.29, 1.82) is 5.26 Å². The van der Waals surface area contributed by atoms with E-state index in [0.717, 1.165) is 27.5 Å². The van der Waals surface area contributed by atoms with Crippen LogP contribution in [-0.2, 0) is 0 Å². The summed E-state index contributed by atoms with van der Waals surface area (Å²) in [5, 5.41) is 19.0. The molecule has 2 heteroatoms. The van der Waals surface area contributed by atoms with E-state index < -0.39 is 0 Å². The second kappa shape index (κ2) is 9.95. The molecule has 0 aliphatic carbocycles. The second-order valence-corrected chi connectivity index (χ2v) is 11.8. The SMILES string of the molecule is N#Cc1ccc2cc(-n3c4ccc(-c5ccc6ccccc6c5)cc4c4cc(-c5ccc6ccccc6c5)ccc43)ccc2c1. The molecule has 208 valence electrons. The average molecular weight is 571 g/mol. The molecule has 45 heavy (non-hydrogen) atoms. The molecule has 0 aliphatic heterocycles. The summed E-state index contributed by atoms with van der Waals surface area (Å²) < 4.78 is 2.37. The minimum atomic E-state index is 0.676. The Kier molecular flexibility index (Phi) is 5.60. The van der Waals surface area contributed by atoms with Crippen LogP contribution in [-0.4, -0.2) is 4.57 Å². The van der Waals surface area contributed by atoms with E-state index in [0.29, 0.717) is 5.56 Å². The fourth-order valence-corrected chi connectivity index (χ4v) is 6.84. The normalized spacial score (nSPS) is 11.5. The Morgan fingerprint density at radius 1 is 0.378 bits per heavy atom. The van der Waals surface area contributed by atoms with Gasteiger partial charge < -0.3 is 4.57 Å². The first kappa shape index (κ1) is 25.3. The maximum atomic E-state index is 9.40. The van der Waals surface area contributed by atoms with Crippen LogP contribution in [0.15, 0.2) is 158 Å². The molecule has 1 heterocycles. The van der Waals surface area contributed by atoms with Gasteiger partial charge >= 0.3 is 0 Å². The van der Waals surface area contributed by atoms with Crippen molar-refractivity contribution in [3.05, 3.63) is 163 Å². The van der Waals surface area contributed by atoms with Gasteiger partial charge in [0.2, 0.25) is 0 Å². The van der Waals surface area contributed by atoms with E-state index in [1.807, 2.05) is 18.2 Å². The molecule has 0 saturated heterocycles. The average Bonchev–Trinajstić information content (AvgIpc) is 3.43. The van der Waals surface area contributed by atoms with Gasteiger partial charge in [0, 0.05) is 16.5 Å². The van der Waals surface area contributed by atoms with Gasteiger partial charge in [0.25, 0.3) is 0 Å². The summed E-state index contributed by atoms with van der Waals surface area (Å²) in [6.07, 6.45) is 0. The van der Waals surface area contributed by atoms with E-state index in [-0.39, 0.29) is 0 Å². The highest BCUT2D eigenvalue weighted by Gasteiger charge is 2.15. The van der Waals surface area contributed by atoms with Gasteiger partial charge in [-0.25, -0.2) is 0 Å². The van der Waals surface area contributed by atoms with Gasteiger partial charge in [-0.05, 0) is 115 Å². The molecule has 8 aromatic carbocycles. The van der Waals surface area contributed by atoms with E-state index in [1.54, 1.807) is 0 Å². The lowest BCUT2D eigenvalue weighted by molar-refractivity contribution is 1.19. The highest BCUT2D eigenvalue weighted by atomic mass is 15.0. The number of hydrogen-bond donors (Lipinski definition) is 0. The summed E-state index contributed by atoms with van der Waals surface area (Å²) in [5.74, 6) is 0. The molecule has 0 unspecified atom stereocenters. The molecule has 0 atom stereocenters. The molecule has 1 aromatic heterocycles. The fourth-order valence-electron chi connectivity index (χ4n) is 6.84. The summed E-state index contributed by atoms with van der Waals surface area (Å²) in [4.78, 5) is 0. The van der Waals surface area contributed by atoms with Crippen molar-refractivity contribution in [2.75, 3.05) is 0 Å². The number of hydrogen-bond acceptors (Lipinski definition) is 1. The fraction of sp³-hybridized carbons (Fsp3) is 0. The Morgan fingerprint density at radius 2 is 0.822 bits per heavy atom. The van der Waals surface area contributed by atoms with E-state index in [9.17, 15) is 5.26 Å². The van der Waals surface area contributed by atoms with Crippen LogP contribution in [0.4, 0.5) is 0 Å². The third-order valence-electron chi connectivity index (χ3n) is 9.14. The van der Waals surface area contributed by atoms with Gasteiger partial charge in [-0.15, -0.1) is 0 Å². The largest absolute Gasteiger partial charge is 0.309 e. The summed E-state index contributed by atoms with van der Waals surface area (Å²) in [7, 11) is 0. The number of nitriles is 1. The first-order valence-electron chi connectivity index (χ1n) is 15.2. The molecule has 0 N–H and O–H groups in total. The predicted molar refractivity (Wildman–Crippen MR) is 189 cm³/mol. The quantitative estimate of drug-likeness (QED) is 0.208. The third-order valence-corrected chi connectivity index (χ3v) is 9.14. The molecule has 9 rings (SSSR count). The van der Waals surface area contributed by atoms with Crippen LogP contribution in [0.2, 0.25) is 0 Å². The Hall–Kier alpha value is -6.17. The smallest absolute Gasteiger partial charge is 0.0991 e. The summed E-state index contributed by atoms with van der Waals surface area (Å²) in [6, 6.07) is 58.9. The predicted octanol–water partition coefficient (Wildman–Crippen LogP) is 11.4. The Bertz CT molecular complexity index is 2530. The van der Waals surface area contributed by atoms with Gasteiger partial charge in [0.05, 0.1) is 22.7 Å². The standard InChI is InChI=1S/C43H26N2/c44-27-28-9-10-36-24-39(18-15-33(36)21-28)45-42-19-16-37(34-13-11-29-5-1-3-7-31(29)22-34)25-40(42)41-26-38(17-20-43(41)45)35-14-12-30-6-2-4-8-32(30)23-35/h1-26H. The Morgan fingerprint density at radius 3 is 1.40 bits per heavy atom. The monoisotopic (exact) mass is 570 g/mol. The van der Waals surface area contributed by atoms with Crippen LogP contribution in [0, 0.1) is 11.3 Å². The van der Waals surface area contributed by atoms with Crippen LogP contribution in [0.5, 0.6) is 0 Å². The van der Waals surface area contributed by atoms with Crippen LogP contribution >= 0.6 is 0 Å². The highest BCUT2D eigenvalue weighted by molar-refractivity contribution is 6.12. The van der Waals surface area contributed by atoms with Crippen molar-refractivity contribution < 1.29 is 0 Å². The van der Waals surface area contributed by atoms with Crippen molar-refractivity contribution in [1.82, 2.24) is 4.57 Å². The van der Waals surface area contributed by atoms with Gasteiger partial charge in [-0.1, -0.05) is 97.1 Å². The lowest BCUT2D eigenvalue weighted by atomic mass is 9.98. The number of fused-ring (bicyclic) bond motifs is 6. The van der Waals surface area contributed by atoms with Crippen molar-refractivity contribution >= 4 is 54.1 Å². The van der Waals surface area contributed by atoms with Gasteiger partial charge in [0.15, 0.2) is 0 Å². The van der Waals surface area contributed by atoms with E-state index in [4.69, 9.17) is 0 Å². The van der Waals surface area contributed by atoms with Crippen molar-refractivity contribution in [2.24, 2.45) is 0 Å². The minimum absolute atomic E-state index is 0.676. The lowest BCUT2D eigenvalue weighted by Gasteiger charge is -2.11. The van der Waals surface area contributed by atoms with Crippen molar-refractivity contribution in [2.45, 2.75) is 0 Å². The van der Waals surface area contributed by atoms with Crippen molar-refractivity contribution in [3.63, 3.8) is 0 Å². The second-order valence-electron chi connectivity index (χ2n) is 11.8. The van der Waals surface area contributed by atoms with Crippen LogP contribution in [0.3, 0.4) is 0 Å². The van der Waals surface area contributed by atoms with Gasteiger partial charge in [-0.3, -0.25) is 0 Å². The first-order valence-corrected chi connectivity index (χ1v) is 15.2. The minimum Gasteiger partial charge on any atom is -0.309 e. The lowest BCUT2D eigenvalue weighted by Crippen LogP contribution is -1.94. The van der Waals surface area contributed by atoms with Crippen LogP contribution in [0.1, 0.15) is 5.56 Å². The van der Waals surface area contributed by atoms with Gasteiger partial charge in [0.1, 0.15) is 0 Å². The number of benzene rings is 8. The first-order chi connectivity index (χ1) is 22.2. The summed E-state index contributed by atoms with van der Waals surface area (Å²) in [5.41, 5.74) is 8.93. The zero-order valence-corrected chi connectivity index (χ0v) is 24.4. The Labute approximate surface area is 260 Å². The molecular weight excluding hydrogens is 544 g/mol. The van der Waals surface area contributed by atoms with Crippen LogP contribution in [0.25, 0.3) is 82.1 Å². The number of rotatable bonds is 3. The summed E-state index contributed by atoms with van der Waals surface area (Å²) in [6.45, 7) is 0. The highest BCUT2D eigenvalue weighted by Crippen LogP contribution is 2.38. The molecule has 0 amide bonds. The van der Waals surface area contributed by atoms with Crippen molar-refractivity contribution in [3.8, 4) is 34.0 Å². The molecular formula is C43H26N2. The van der Waals surface area contributed by atoms with Gasteiger partial charge in [-0.2, -0.15) is 5.26 Å². The molecule has 9 aromatic rings. The van der Waals surface area contributed by atoms with Crippen LogP contribution < -0.4 is 0 Å². The maximum absolute atomic E-state index is 9.40. The Balaban J connectivity index is 1.28. The molecule has 0 fully saturated rings. The molecule has 0 aliphatic rings. The molecule has 0 radical (unpaired) electrons. The third kappa shape index (κ3) is 4.18. The van der Waals surface area contributed by atoms with E-state index in [1.165, 1.54) is 54.6 Å².